The predicted molar refractivity (Wildman–Crippen MR) is 40.2 cm³/mol. The van der Waals surface area contributed by atoms with Crippen LogP contribution in [-0.2, 0) is 0 Å². The van der Waals surface area contributed by atoms with Gasteiger partial charge in [0.2, 0.25) is 0 Å². The van der Waals surface area contributed by atoms with Gasteiger partial charge in [0.25, 0.3) is 0 Å². The van der Waals surface area contributed by atoms with Gasteiger partial charge < -0.3 is 0 Å². The van der Waals surface area contributed by atoms with E-state index < -0.39 is 0 Å². The third-order valence-electron chi connectivity index (χ3n) is 0.717. The van der Waals surface area contributed by atoms with E-state index in [4.69, 9.17) is 10.5 Å². The minimum atomic E-state index is 0. The summed E-state index contributed by atoms with van der Waals surface area (Å²) in [6.45, 7) is 0. The zero-order valence-corrected chi connectivity index (χ0v) is 5.77. The molecule has 3 heteroatoms. The Balaban J connectivity index is 0. The van der Waals surface area contributed by atoms with Crippen molar-refractivity contribution in [2.75, 3.05) is 0 Å². The van der Waals surface area contributed by atoms with Crippen LogP contribution in [0.2, 0.25) is 0 Å². The summed E-state index contributed by atoms with van der Waals surface area (Å²) in [6, 6.07) is 14.5. The Morgan fingerprint density at radius 1 is 0.636 bits per heavy atom. The molecule has 0 aliphatic rings. The molecule has 56 valence electrons. The van der Waals surface area contributed by atoms with Crippen molar-refractivity contribution in [2.24, 2.45) is 0 Å². The first-order valence-corrected chi connectivity index (χ1v) is 2.70. The Kier molecular flexibility index (Phi) is 11.9. The van der Waals surface area contributed by atoms with Crippen LogP contribution >= 0.6 is 0 Å². The molecular formula is C8H7FN2. The van der Waals surface area contributed by atoms with Crippen LogP contribution in [0.5, 0.6) is 0 Å². The highest BCUT2D eigenvalue weighted by Crippen LogP contribution is 1.79. The average Bonchev–Trinajstić information content (AvgIpc) is 2.08. The maximum absolute atomic E-state index is 7.26. The quantitative estimate of drug-likeness (QED) is 0.566. The topological polar surface area (TPSA) is 47.6 Å². The van der Waals surface area contributed by atoms with E-state index in [2.05, 4.69) is 0 Å². The Morgan fingerprint density at radius 2 is 0.818 bits per heavy atom. The molecule has 1 aromatic rings. The van der Waals surface area contributed by atoms with E-state index >= 15 is 0 Å². The maximum Gasteiger partial charge on any atom is 0.181 e. The molecule has 11 heavy (non-hydrogen) atoms. The van der Waals surface area contributed by atoms with Crippen molar-refractivity contribution in [3.63, 3.8) is 0 Å². The van der Waals surface area contributed by atoms with Crippen LogP contribution in [0.15, 0.2) is 36.4 Å². The fourth-order valence-corrected chi connectivity index (χ4v) is 0.385. The molecular weight excluding hydrogens is 143 g/mol. The number of halogens is 1. The molecule has 0 bridgehead atoms. The lowest BCUT2D eigenvalue weighted by Crippen LogP contribution is -1.47. The Labute approximate surface area is 64.7 Å². The van der Waals surface area contributed by atoms with E-state index in [1.54, 1.807) is 0 Å². The fourth-order valence-electron chi connectivity index (χ4n) is 0.385. The lowest BCUT2D eigenvalue weighted by molar-refractivity contribution is 1.11. The largest absolute Gasteiger partial charge is 0.269 e. The molecule has 0 N–H and O–H groups in total. The van der Waals surface area contributed by atoms with Gasteiger partial charge in [-0.2, -0.15) is 10.5 Å². The standard InChI is InChI=1S/C6H6.C2N2.FH/c1-2-4-6-5-3-1;3-1-2-4;/h1-6H;;1H. The minimum absolute atomic E-state index is 0. The summed E-state index contributed by atoms with van der Waals surface area (Å²) in [5.41, 5.74) is 0. The molecule has 0 saturated heterocycles. The molecule has 0 amide bonds. The van der Waals surface area contributed by atoms with Crippen molar-refractivity contribution in [1.29, 1.82) is 10.5 Å². The Morgan fingerprint density at radius 3 is 0.909 bits per heavy atom. The van der Waals surface area contributed by atoms with E-state index in [-0.39, 0.29) is 4.70 Å². The van der Waals surface area contributed by atoms with Crippen LogP contribution in [0.3, 0.4) is 0 Å². The molecule has 0 aliphatic carbocycles. The molecule has 1 rings (SSSR count). The normalized spacial score (nSPS) is 5.27. The second kappa shape index (κ2) is 11.0. The maximum atomic E-state index is 7.26. The van der Waals surface area contributed by atoms with Crippen molar-refractivity contribution in [1.82, 2.24) is 0 Å². The first-order chi connectivity index (χ1) is 4.91. The molecule has 0 fully saturated rings. The van der Waals surface area contributed by atoms with Gasteiger partial charge in [0.15, 0.2) is 12.1 Å². The third-order valence-corrected chi connectivity index (χ3v) is 0.717. The summed E-state index contributed by atoms with van der Waals surface area (Å²) in [7, 11) is 0. The van der Waals surface area contributed by atoms with Crippen LogP contribution in [0.1, 0.15) is 0 Å². The molecule has 1 aromatic carbocycles. The van der Waals surface area contributed by atoms with Gasteiger partial charge in [0.1, 0.15) is 0 Å². The minimum Gasteiger partial charge on any atom is -0.269 e. The number of hydrogen-bond acceptors (Lipinski definition) is 2. The monoisotopic (exact) mass is 150 g/mol. The predicted octanol–water partition coefficient (Wildman–Crippen LogP) is 1.87. The van der Waals surface area contributed by atoms with E-state index in [0.29, 0.717) is 0 Å². The average molecular weight is 150 g/mol. The molecule has 0 saturated carbocycles. The smallest absolute Gasteiger partial charge is 0.181 e. The Bertz CT molecular complexity index is 194. The van der Waals surface area contributed by atoms with Gasteiger partial charge in [0.05, 0.1) is 0 Å². The second-order valence-corrected chi connectivity index (χ2v) is 1.38. The van der Waals surface area contributed by atoms with E-state index in [0.717, 1.165) is 0 Å². The molecule has 0 unspecified atom stereocenters. The highest BCUT2D eigenvalue weighted by atomic mass is 19.0. The van der Waals surface area contributed by atoms with Crippen molar-refractivity contribution >= 4 is 0 Å². The highest BCUT2D eigenvalue weighted by molar-refractivity contribution is 4.99. The number of hydrogen-bond donors (Lipinski definition) is 0. The summed E-state index contributed by atoms with van der Waals surface area (Å²) in [5, 5.41) is 14.5. The number of benzene rings is 1. The van der Waals surface area contributed by atoms with Gasteiger partial charge in [-0.3, -0.25) is 4.70 Å². The van der Waals surface area contributed by atoms with Crippen molar-refractivity contribution < 1.29 is 4.70 Å². The first kappa shape index (κ1) is 11.9. The SMILES string of the molecule is F.N#CC#N.c1ccccc1. The highest BCUT2D eigenvalue weighted by Gasteiger charge is 1.57. The summed E-state index contributed by atoms with van der Waals surface area (Å²) in [5.74, 6) is 0. The summed E-state index contributed by atoms with van der Waals surface area (Å²) >= 11 is 0. The van der Waals surface area contributed by atoms with Gasteiger partial charge in [-0.15, -0.1) is 0 Å². The molecule has 0 atom stereocenters. The van der Waals surface area contributed by atoms with Crippen LogP contribution in [-0.4, -0.2) is 0 Å². The molecule has 0 spiro atoms. The number of nitriles is 2. The lowest BCUT2D eigenvalue weighted by Gasteiger charge is -1.69. The summed E-state index contributed by atoms with van der Waals surface area (Å²) in [6.07, 6.45) is 0. The van der Waals surface area contributed by atoms with Crippen LogP contribution in [0.25, 0.3) is 0 Å². The van der Waals surface area contributed by atoms with E-state index in [9.17, 15) is 0 Å². The summed E-state index contributed by atoms with van der Waals surface area (Å²) in [4.78, 5) is 0. The van der Waals surface area contributed by atoms with Gasteiger partial charge in [-0.1, -0.05) is 36.4 Å². The molecule has 0 aromatic heterocycles. The zero-order chi connectivity index (χ0) is 7.66. The zero-order valence-electron chi connectivity index (χ0n) is 5.77. The van der Waals surface area contributed by atoms with Crippen molar-refractivity contribution in [3.8, 4) is 12.1 Å². The lowest BCUT2D eigenvalue weighted by atomic mass is 10.4. The molecule has 0 aliphatic heterocycles. The molecule has 0 heterocycles. The van der Waals surface area contributed by atoms with Crippen LogP contribution in [0, 0.1) is 22.7 Å². The van der Waals surface area contributed by atoms with E-state index in [1.165, 1.54) is 12.1 Å². The van der Waals surface area contributed by atoms with E-state index in [1.807, 2.05) is 36.4 Å². The first-order valence-electron chi connectivity index (χ1n) is 2.70. The van der Waals surface area contributed by atoms with Crippen LogP contribution < -0.4 is 0 Å². The van der Waals surface area contributed by atoms with Gasteiger partial charge in [-0.05, 0) is 0 Å². The van der Waals surface area contributed by atoms with Crippen molar-refractivity contribution in [3.05, 3.63) is 36.4 Å². The van der Waals surface area contributed by atoms with Gasteiger partial charge in [0, 0.05) is 0 Å². The van der Waals surface area contributed by atoms with Crippen LogP contribution in [0.4, 0.5) is 4.70 Å². The second-order valence-electron chi connectivity index (χ2n) is 1.38. The fraction of sp³-hybridized carbons (Fsp3) is 0. The molecule has 2 nitrogen and oxygen atoms in total. The summed E-state index contributed by atoms with van der Waals surface area (Å²) < 4.78 is 0. The van der Waals surface area contributed by atoms with Gasteiger partial charge >= 0.3 is 0 Å². The number of rotatable bonds is 0. The molecule has 0 radical (unpaired) electrons. The van der Waals surface area contributed by atoms with Crippen molar-refractivity contribution in [2.45, 2.75) is 0 Å². The van der Waals surface area contributed by atoms with Gasteiger partial charge in [-0.25, -0.2) is 0 Å². The number of nitrogens with zero attached hydrogens (tertiary/aromatic N) is 2. The Hall–Kier alpha value is -1.87. The third kappa shape index (κ3) is 11.6.